The predicted octanol–water partition coefficient (Wildman–Crippen LogP) is 4.45. The maximum Gasteiger partial charge on any atom is 0.276 e. The number of ether oxygens (including phenoxy) is 2. The Morgan fingerprint density at radius 2 is 1.33 bits per heavy atom. The Morgan fingerprint density at radius 3 is 1.81 bits per heavy atom. The van der Waals surface area contributed by atoms with Gasteiger partial charge in [-0.25, -0.2) is 9.97 Å². The van der Waals surface area contributed by atoms with Gasteiger partial charge < -0.3 is 29.2 Å². The van der Waals surface area contributed by atoms with Crippen molar-refractivity contribution in [2.45, 2.75) is 60.3 Å². The number of primary amides is 1. The second-order valence-corrected chi connectivity index (χ2v) is 13.9. The lowest BCUT2D eigenvalue weighted by atomic mass is 10.1. The van der Waals surface area contributed by atoms with Gasteiger partial charge in [0.2, 0.25) is 17.8 Å². The Balaban J connectivity index is 1.40. The molecule has 0 spiro atoms. The smallest absolute Gasteiger partial charge is 0.276 e. The van der Waals surface area contributed by atoms with Crippen molar-refractivity contribution in [3.8, 4) is 11.5 Å². The maximum absolute atomic E-state index is 13.7. The molecule has 0 saturated heterocycles. The zero-order valence-corrected chi connectivity index (χ0v) is 33.7. The summed E-state index contributed by atoms with van der Waals surface area (Å²) in [5.41, 5.74) is 10.3. The fraction of sp³-hybridized carbons (Fsp3) is 0.350. The Labute approximate surface area is 334 Å². The van der Waals surface area contributed by atoms with Crippen molar-refractivity contribution in [3.05, 3.63) is 82.5 Å². The number of allylic oxidation sites excluding steroid dienone is 2. The van der Waals surface area contributed by atoms with E-state index >= 15 is 0 Å². The Morgan fingerprint density at radius 1 is 0.793 bits per heavy atom. The van der Waals surface area contributed by atoms with Crippen LogP contribution in [0.3, 0.4) is 0 Å². The van der Waals surface area contributed by atoms with E-state index in [9.17, 15) is 19.2 Å². The molecular weight excluding hydrogens is 745 g/mol. The molecule has 0 unspecified atom stereocenters. The van der Waals surface area contributed by atoms with Crippen LogP contribution in [0.2, 0.25) is 0 Å². The van der Waals surface area contributed by atoms with Gasteiger partial charge in [-0.3, -0.25) is 39.2 Å². The number of carbonyl (C=O) groups excluding carboxylic acids is 4. The van der Waals surface area contributed by atoms with Crippen LogP contribution in [-0.4, -0.2) is 102 Å². The lowest BCUT2D eigenvalue weighted by Crippen LogP contribution is -2.20. The zero-order valence-electron chi connectivity index (χ0n) is 33.7. The van der Waals surface area contributed by atoms with E-state index in [1.165, 1.54) is 7.11 Å². The number of amides is 3. The summed E-state index contributed by atoms with van der Waals surface area (Å²) in [6.07, 6.45) is 5.15. The first kappa shape index (κ1) is 40.8. The van der Waals surface area contributed by atoms with Crippen LogP contribution in [0.25, 0.3) is 22.1 Å². The maximum atomic E-state index is 13.7. The number of aryl methyl sites for hydroxylation is 4. The third-order valence-corrected chi connectivity index (χ3v) is 9.35. The molecule has 0 aliphatic carbocycles. The van der Waals surface area contributed by atoms with Gasteiger partial charge in [-0.15, -0.1) is 0 Å². The van der Waals surface area contributed by atoms with Gasteiger partial charge in [0, 0.05) is 43.9 Å². The highest BCUT2D eigenvalue weighted by Gasteiger charge is 2.23. The predicted molar refractivity (Wildman–Crippen MR) is 219 cm³/mol. The summed E-state index contributed by atoms with van der Waals surface area (Å²) in [5, 5.41) is 14.7. The van der Waals surface area contributed by atoms with Crippen LogP contribution in [0.15, 0.2) is 48.6 Å². The Bertz CT molecular complexity index is 2540. The molecule has 4 aromatic heterocycles. The van der Waals surface area contributed by atoms with Crippen molar-refractivity contribution in [1.82, 2.24) is 43.6 Å². The number of aldehydes is 1. The van der Waals surface area contributed by atoms with E-state index in [1.54, 1.807) is 54.9 Å². The number of nitrogens with two attached hydrogens (primary N) is 1. The third-order valence-electron chi connectivity index (χ3n) is 9.35. The summed E-state index contributed by atoms with van der Waals surface area (Å²) in [7, 11) is 5.44. The van der Waals surface area contributed by atoms with E-state index < -0.39 is 17.7 Å². The molecule has 2 aromatic carbocycles. The molecule has 18 heteroatoms. The van der Waals surface area contributed by atoms with Crippen molar-refractivity contribution >= 4 is 58.0 Å². The quantitative estimate of drug-likeness (QED) is 0.0629. The number of hydrogen-bond donors (Lipinski definition) is 3. The molecule has 58 heavy (non-hydrogen) atoms. The van der Waals surface area contributed by atoms with Crippen molar-refractivity contribution in [3.63, 3.8) is 0 Å². The van der Waals surface area contributed by atoms with Crippen LogP contribution >= 0.6 is 0 Å². The fourth-order valence-corrected chi connectivity index (χ4v) is 6.70. The van der Waals surface area contributed by atoms with Crippen molar-refractivity contribution in [2.75, 3.05) is 45.0 Å². The molecule has 304 valence electrons. The van der Waals surface area contributed by atoms with E-state index in [-0.39, 0.29) is 30.5 Å². The summed E-state index contributed by atoms with van der Waals surface area (Å²) in [5.74, 6) is -0.272. The minimum atomic E-state index is -0.650. The van der Waals surface area contributed by atoms with E-state index in [0.717, 1.165) is 6.54 Å². The summed E-state index contributed by atoms with van der Waals surface area (Å²) >= 11 is 0. The van der Waals surface area contributed by atoms with E-state index in [0.29, 0.717) is 94.3 Å². The number of benzene rings is 2. The Kier molecular flexibility index (Phi) is 12.3. The molecule has 0 atom stereocenters. The van der Waals surface area contributed by atoms with Crippen LogP contribution in [0.5, 0.6) is 11.5 Å². The average molecular weight is 793 g/mol. The van der Waals surface area contributed by atoms with Gasteiger partial charge >= 0.3 is 0 Å². The summed E-state index contributed by atoms with van der Waals surface area (Å²) in [4.78, 5) is 63.0. The van der Waals surface area contributed by atoms with Gasteiger partial charge in [-0.05, 0) is 84.6 Å². The molecule has 0 radical (unpaired) electrons. The first-order chi connectivity index (χ1) is 27.8. The highest BCUT2D eigenvalue weighted by Crippen LogP contribution is 2.33. The number of carbonyl (C=O) groups is 4. The highest BCUT2D eigenvalue weighted by molar-refractivity contribution is 6.05. The van der Waals surface area contributed by atoms with Crippen LogP contribution in [0.4, 0.5) is 11.9 Å². The highest BCUT2D eigenvalue weighted by atomic mass is 16.5. The second kappa shape index (κ2) is 17.5. The number of hydrogen-bond acceptors (Lipinski definition) is 11. The number of imidazole rings is 2. The molecular formula is C40H48N12O6. The number of nitrogens with zero attached hydrogens (tertiary/aromatic N) is 9. The largest absolute Gasteiger partial charge is 0.494 e. The molecule has 6 aromatic rings. The molecule has 0 aliphatic rings. The van der Waals surface area contributed by atoms with Gasteiger partial charge in [-0.2, -0.15) is 10.2 Å². The number of methoxy groups -OCH3 is 1. The molecule has 6 rings (SSSR count). The van der Waals surface area contributed by atoms with Crippen LogP contribution in [0.1, 0.15) is 73.3 Å². The number of rotatable bonds is 18. The molecule has 3 amide bonds. The van der Waals surface area contributed by atoms with E-state index in [1.807, 2.05) is 58.8 Å². The van der Waals surface area contributed by atoms with Gasteiger partial charge in [0.15, 0.2) is 0 Å². The van der Waals surface area contributed by atoms with Gasteiger partial charge in [-0.1, -0.05) is 12.2 Å². The third kappa shape index (κ3) is 8.61. The molecule has 4 heterocycles. The number of fused-ring (bicyclic) bond motifs is 2. The first-order valence-electron chi connectivity index (χ1n) is 18.9. The number of nitrogens with one attached hydrogen (secondary N) is 2. The van der Waals surface area contributed by atoms with E-state index in [4.69, 9.17) is 25.2 Å². The normalized spacial score (nSPS) is 11.6. The average Bonchev–Trinajstić information content (AvgIpc) is 3.96. The lowest BCUT2D eigenvalue weighted by Gasteiger charge is -2.14. The molecule has 0 bridgehead atoms. The van der Waals surface area contributed by atoms with Crippen LogP contribution in [0, 0.1) is 13.8 Å². The van der Waals surface area contributed by atoms with Crippen molar-refractivity contribution in [1.29, 1.82) is 0 Å². The molecule has 0 aliphatic heterocycles. The van der Waals surface area contributed by atoms with Crippen LogP contribution in [-0.2, 0) is 26.2 Å². The minimum Gasteiger partial charge on any atom is -0.494 e. The van der Waals surface area contributed by atoms with Crippen molar-refractivity contribution in [2.24, 2.45) is 5.73 Å². The zero-order chi connectivity index (χ0) is 41.7. The van der Waals surface area contributed by atoms with Gasteiger partial charge in [0.05, 0.1) is 36.1 Å². The second-order valence-electron chi connectivity index (χ2n) is 13.9. The summed E-state index contributed by atoms with van der Waals surface area (Å²) in [6.45, 7) is 9.92. The summed E-state index contributed by atoms with van der Waals surface area (Å²) < 4.78 is 18.7. The standard InChI is InChI=1S/C40H48N12O6/c1-8-51-30(17-24(3)46-51)37(55)44-39-42-28-19-26(23-53)20-32(57-7)34(28)49(39)14-10-11-15-50-35-29(21-27(36(41)54)22-33(35)58-16-12-13-48(5)6)43-40(50)45-38(56)31-18-25(4)47-52(31)9-2/h10-11,17-23H,8-9,12-16H2,1-7H3,(H2,41,54)(H,42,44,55)(H,43,45,56)/b11-10+. The SMILES string of the molecule is CCn1nc(C)cc1C(=O)Nc1nc2cc(C=O)cc(OC)c2n1C/C=C/Cn1c(NC(=O)c2cc(C)nn2CC)nc2cc(C(N)=O)cc(OCCCN(C)C)c21. The Hall–Kier alpha value is -6.82. The first-order valence-corrected chi connectivity index (χ1v) is 18.9. The van der Waals surface area contributed by atoms with Crippen LogP contribution < -0.4 is 25.8 Å². The minimum absolute atomic E-state index is 0.192. The summed E-state index contributed by atoms with van der Waals surface area (Å²) in [6, 6.07) is 9.79. The molecule has 0 saturated carbocycles. The topological polar surface area (TPSA) is 211 Å². The fourth-order valence-electron chi connectivity index (χ4n) is 6.70. The molecule has 18 nitrogen and oxygen atoms in total. The van der Waals surface area contributed by atoms with Gasteiger partial charge in [0.25, 0.3) is 11.8 Å². The monoisotopic (exact) mass is 792 g/mol. The molecule has 4 N–H and O–H groups in total. The van der Waals surface area contributed by atoms with Crippen molar-refractivity contribution < 1.29 is 28.7 Å². The molecule has 0 fully saturated rings. The lowest BCUT2D eigenvalue weighted by molar-refractivity contribution is 0.0994. The van der Waals surface area contributed by atoms with Gasteiger partial charge in [0.1, 0.15) is 40.2 Å². The number of aromatic nitrogens is 8. The van der Waals surface area contributed by atoms with E-state index in [2.05, 4.69) is 20.8 Å². The number of anilines is 2.